The molecular formula is C19H24N2O6. The molecule has 8 heteroatoms. The number of nitrogens with one attached hydrogen (secondary N) is 1. The molecule has 3 saturated heterocycles. The van der Waals surface area contributed by atoms with Crippen molar-refractivity contribution in [3.63, 3.8) is 0 Å². The standard InChI is InChI=1S/C19H24N2O6/c1-18(2)23-10-12(25-18)14-13(15-17(24-14)27-19(3,4)26-15)20-21-16(22)11-8-6-5-7-9-11/h5-9,12,14-15,17H,10H2,1-4H3,(H,21,22)/b20-13-/t12-,14+,15+,17+/m0/s1. The number of nitrogens with zero attached hydrogens (tertiary/aromatic N) is 1. The first-order chi connectivity index (χ1) is 12.7. The summed E-state index contributed by atoms with van der Waals surface area (Å²) < 4.78 is 29.3. The molecule has 3 aliphatic heterocycles. The van der Waals surface area contributed by atoms with Crippen molar-refractivity contribution in [3.05, 3.63) is 35.9 Å². The van der Waals surface area contributed by atoms with E-state index in [1.165, 1.54) is 0 Å². The smallest absolute Gasteiger partial charge is 0.271 e. The molecule has 3 fully saturated rings. The van der Waals surface area contributed by atoms with E-state index < -0.39 is 30.1 Å². The van der Waals surface area contributed by atoms with Crippen LogP contribution in [0.1, 0.15) is 38.1 Å². The fraction of sp³-hybridized carbons (Fsp3) is 0.579. The van der Waals surface area contributed by atoms with Crippen LogP contribution >= 0.6 is 0 Å². The van der Waals surface area contributed by atoms with E-state index in [1.807, 2.05) is 33.8 Å². The minimum Gasteiger partial charge on any atom is -0.348 e. The number of rotatable bonds is 3. The van der Waals surface area contributed by atoms with Crippen molar-refractivity contribution < 1.29 is 28.5 Å². The summed E-state index contributed by atoms with van der Waals surface area (Å²) >= 11 is 0. The first-order valence-corrected chi connectivity index (χ1v) is 9.00. The van der Waals surface area contributed by atoms with Gasteiger partial charge < -0.3 is 23.7 Å². The summed E-state index contributed by atoms with van der Waals surface area (Å²) in [5.41, 5.74) is 3.63. The molecule has 8 nitrogen and oxygen atoms in total. The number of hydrazone groups is 1. The normalized spacial score (nSPS) is 35.3. The SMILES string of the molecule is CC1(C)OC[C@@H]([C@H]2O[C@@H]3OC(C)(C)O[C@@H]3/C2=N\NC(=O)c2ccccc2)O1. The Morgan fingerprint density at radius 3 is 2.44 bits per heavy atom. The maximum absolute atomic E-state index is 12.4. The summed E-state index contributed by atoms with van der Waals surface area (Å²) in [4.78, 5) is 12.4. The van der Waals surface area contributed by atoms with Gasteiger partial charge in [-0.15, -0.1) is 0 Å². The molecule has 0 unspecified atom stereocenters. The quantitative estimate of drug-likeness (QED) is 0.810. The molecule has 1 N–H and O–H groups in total. The highest BCUT2D eigenvalue weighted by Crippen LogP contribution is 2.39. The fourth-order valence-electron chi connectivity index (χ4n) is 3.45. The van der Waals surface area contributed by atoms with E-state index in [0.717, 1.165) is 0 Å². The van der Waals surface area contributed by atoms with Crippen LogP contribution in [0.5, 0.6) is 0 Å². The third kappa shape index (κ3) is 3.76. The molecule has 1 amide bonds. The second-order valence-electron chi connectivity index (χ2n) is 7.69. The van der Waals surface area contributed by atoms with Crippen molar-refractivity contribution >= 4 is 11.6 Å². The highest BCUT2D eigenvalue weighted by atomic mass is 16.8. The lowest BCUT2D eigenvalue weighted by atomic mass is 10.1. The number of hydrogen-bond donors (Lipinski definition) is 1. The number of benzene rings is 1. The molecule has 0 aromatic heterocycles. The van der Waals surface area contributed by atoms with E-state index in [4.69, 9.17) is 23.7 Å². The van der Waals surface area contributed by atoms with Gasteiger partial charge in [0.05, 0.1) is 6.61 Å². The highest BCUT2D eigenvalue weighted by Gasteiger charge is 2.56. The monoisotopic (exact) mass is 376 g/mol. The summed E-state index contributed by atoms with van der Waals surface area (Å²) in [7, 11) is 0. The predicted molar refractivity (Wildman–Crippen MR) is 94.9 cm³/mol. The van der Waals surface area contributed by atoms with Crippen LogP contribution in [0.15, 0.2) is 35.4 Å². The van der Waals surface area contributed by atoms with Crippen LogP contribution in [0.2, 0.25) is 0 Å². The van der Waals surface area contributed by atoms with E-state index in [1.54, 1.807) is 24.3 Å². The van der Waals surface area contributed by atoms with Gasteiger partial charge in [0.15, 0.2) is 24.0 Å². The maximum Gasteiger partial charge on any atom is 0.271 e. The van der Waals surface area contributed by atoms with Gasteiger partial charge in [-0.25, -0.2) is 5.43 Å². The summed E-state index contributed by atoms with van der Waals surface area (Å²) in [6.45, 7) is 7.65. The Morgan fingerprint density at radius 2 is 1.78 bits per heavy atom. The van der Waals surface area contributed by atoms with Crippen LogP contribution in [0.3, 0.4) is 0 Å². The molecule has 1 aromatic rings. The van der Waals surface area contributed by atoms with Crippen LogP contribution in [0, 0.1) is 0 Å². The Kier molecular flexibility index (Phi) is 4.56. The van der Waals surface area contributed by atoms with Gasteiger partial charge in [-0.1, -0.05) is 18.2 Å². The van der Waals surface area contributed by atoms with E-state index >= 15 is 0 Å². The Morgan fingerprint density at radius 1 is 1.04 bits per heavy atom. The van der Waals surface area contributed by atoms with Crippen LogP contribution < -0.4 is 5.43 Å². The molecule has 0 bridgehead atoms. The average molecular weight is 376 g/mol. The molecule has 0 radical (unpaired) electrons. The van der Waals surface area contributed by atoms with Crippen LogP contribution in [0.4, 0.5) is 0 Å². The minimum atomic E-state index is -0.795. The maximum atomic E-state index is 12.4. The number of ether oxygens (including phenoxy) is 5. The molecule has 4 atom stereocenters. The Balaban J connectivity index is 1.56. The lowest BCUT2D eigenvalue weighted by Gasteiger charge is -2.24. The molecule has 146 valence electrons. The van der Waals surface area contributed by atoms with Crippen molar-refractivity contribution in [1.29, 1.82) is 0 Å². The van der Waals surface area contributed by atoms with Crippen molar-refractivity contribution in [2.45, 2.75) is 63.9 Å². The van der Waals surface area contributed by atoms with E-state index in [-0.39, 0.29) is 12.0 Å². The first kappa shape index (κ1) is 18.5. The van der Waals surface area contributed by atoms with E-state index in [9.17, 15) is 4.79 Å². The second kappa shape index (κ2) is 6.65. The van der Waals surface area contributed by atoms with E-state index in [0.29, 0.717) is 17.9 Å². The molecule has 3 aliphatic rings. The average Bonchev–Trinajstić information content (AvgIpc) is 3.22. The lowest BCUT2D eigenvalue weighted by molar-refractivity contribution is -0.211. The van der Waals surface area contributed by atoms with Gasteiger partial charge in [-0.2, -0.15) is 5.10 Å². The number of carbonyl (C=O) groups is 1. The van der Waals surface area contributed by atoms with Gasteiger partial charge in [0.2, 0.25) is 0 Å². The van der Waals surface area contributed by atoms with Gasteiger partial charge in [0.25, 0.3) is 5.91 Å². The molecule has 4 rings (SSSR count). The van der Waals surface area contributed by atoms with Gasteiger partial charge in [0, 0.05) is 5.56 Å². The Hall–Kier alpha value is -1.84. The number of carbonyl (C=O) groups excluding carboxylic acids is 1. The Labute approximate surface area is 157 Å². The number of hydrogen-bond acceptors (Lipinski definition) is 7. The molecule has 0 spiro atoms. The van der Waals surface area contributed by atoms with Gasteiger partial charge >= 0.3 is 0 Å². The van der Waals surface area contributed by atoms with E-state index in [2.05, 4.69) is 10.5 Å². The molecule has 0 aliphatic carbocycles. The van der Waals surface area contributed by atoms with Crippen molar-refractivity contribution in [1.82, 2.24) is 5.43 Å². The lowest BCUT2D eigenvalue weighted by Crippen LogP contribution is -2.41. The fourth-order valence-corrected chi connectivity index (χ4v) is 3.45. The summed E-state index contributed by atoms with van der Waals surface area (Å²) in [5, 5.41) is 4.33. The largest absolute Gasteiger partial charge is 0.348 e. The zero-order chi connectivity index (χ0) is 19.2. The summed E-state index contributed by atoms with van der Waals surface area (Å²) in [6, 6.07) is 8.87. The van der Waals surface area contributed by atoms with Crippen molar-refractivity contribution in [2.24, 2.45) is 5.10 Å². The molecule has 27 heavy (non-hydrogen) atoms. The minimum absolute atomic E-state index is 0.313. The number of amides is 1. The Bertz CT molecular complexity index is 748. The van der Waals surface area contributed by atoms with Crippen LogP contribution in [-0.2, 0) is 23.7 Å². The summed E-state index contributed by atoms with van der Waals surface area (Å²) in [6.07, 6.45) is -2.03. The predicted octanol–water partition coefficient (Wildman–Crippen LogP) is 1.80. The van der Waals surface area contributed by atoms with Crippen LogP contribution in [0.25, 0.3) is 0 Å². The molecule has 3 heterocycles. The second-order valence-corrected chi connectivity index (χ2v) is 7.69. The van der Waals surface area contributed by atoms with Crippen molar-refractivity contribution in [2.75, 3.05) is 6.61 Å². The molecule has 1 aromatic carbocycles. The third-order valence-electron chi connectivity index (χ3n) is 4.61. The highest BCUT2D eigenvalue weighted by molar-refractivity contribution is 5.99. The van der Waals surface area contributed by atoms with Crippen molar-refractivity contribution in [3.8, 4) is 0 Å². The topological polar surface area (TPSA) is 87.6 Å². The van der Waals surface area contributed by atoms with Gasteiger partial charge in [-0.05, 0) is 39.8 Å². The molecule has 0 saturated carbocycles. The first-order valence-electron chi connectivity index (χ1n) is 9.00. The summed E-state index contributed by atoms with van der Waals surface area (Å²) in [5.74, 6) is -1.81. The third-order valence-corrected chi connectivity index (χ3v) is 4.61. The zero-order valence-electron chi connectivity index (χ0n) is 15.8. The number of fused-ring (bicyclic) bond motifs is 1. The van der Waals surface area contributed by atoms with Crippen LogP contribution in [-0.4, -0.2) is 54.4 Å². The van der Waals surface area contributed by atoms with Gasteiger partial charge in [-0.3, -0.25) is 4.79 Å². The molecular weight excluding hydrogens is 352 g/mol. The zero-order valence-corrected chi connectivity index (χ0v) is 15.8. The van der Waals surface area contributed by atoms with Gasteiger partial charge in [0.1, 0.15) is 17.9 Å².